The summed E-state index contributed by atoms with van der Waals surface area (Å²) in [5, 5.41) is 2.98. The zero-order chi connectivity index (χ0) is 22.1. The monoisotopic (exact) mass is 420 g/mol. The molecular formula is C24H18F2N2O3. The molecule has 0 aliphatic carbocycles. The predicted molar refractivity (Wildman–Crippen MR) is 114 cm³/mol. The van der Waals surface area contributed by atoms with Gasteiger partial charge in [0.1, 0.15) is 23.1 Å². The number of amides is 2. The molecule has 0 fully saturated rings. The Balaban J connectivity index is 1.86. The minimum atomic E-state index is -1.01. The summed E-state index contributed by atoms with van der Waals surface area (Å²) in [6.45, 7) is 1.90. The van der Waals surface area contributed by atoms with E-state index in [1.54, 1.807) is 36.4 Å². The second-order valence-corrected chi connectivity index (χ2v) is 6.98. The number of imide groups is 1. The topological polar surface area (TPSA) is 58.6 Å². The zero-order valence-corrected chi connectivity index (χ0v) is 16.8. The summed E-state index contributed by atoms with van der Waals surface area (Å²) < 4.78 is 33.2. The highest BCUT2D eigenvalue weighted by atomic mass is 19.1. The van der Waals surface area contributed by atoms with Crippen LogP contribution in [0.5, 0.6) is 5.75 Å². The van der Waals surface area contributed by atoms with Crippen LogP contribution in [0.2, 0.25) is 0 Å². The zero-order valence-electron chi connectivity index (χ0n) is 16.8. The normalized spacial score (nSPS) is 13.7. The first-order chi connectivity index (χ1) is 14.9. The molecular weight excluding hydrogens is 402 g/mol. The maximum absolute atomic E-state index is 14.5. The summed E-state index contributed by atoms with van der Waals surface area (Å²) in [6, 6.07) is 16.6. The predicted octanol–water partition coefficient (Wildman–Crippen LogP) is 4.68. The average molecular weight is 420 g/mol. The van der Waals surface area contributed by atoms with Crippen molar-refractivity contribution in [3.63, 3.8) is 0 Å². The number of halogens is 2. The van der Waals surface area contributed by atoms with E-state index in [-0.39, 0.29) is 17.0 Å². The number of aryl methyl sites for hydroxylation is 1. The quantitative estimate of drug-likeness (QED) is 0.609. The number of hydrogen-bond acceptors (Lipinski definition) is 4. The van der Waals surface area contributed by atoms with Crippen molar-refractivity contribution in [3.05, 3.63) is 95.2 Å². The molecule has 1 N–H and O–H groups in total. The third-order valence-corrected chi connectivity index (χ3v) is 4.94. The maximum Gasteiger partial charge on any atom is 0.282 e. The molecule has 3 aromatic rings. The molecule has 0 unspecified atom stereocenters. The number of para-hydroxylation sites is 2. The molecule has 0 spiro atoms. The van der Waals surface area contributed by atoms with Crippen LogP contribution in [0.1, 0.15) is 11.1 Å². The number of nitrogens with zero attached hydrogens (tertiary/aromatic N) is 1. The van der Waals surface area contributed by atoms with Crippen molar-refractivity contribution in [3.8, 4) is 5.75 Å². The number of anilines is 2. The molecule has 0 aromatic heterocycles. The first kappa shape index (κ1) is 20.3. The molecule has 7 heteroatoms. The van der Waals surface area contributed by atoms with E-state index in [1.165, 1.54) is 7.11 Å². The van der Waals surface area contributed by atoms with Crippen LogP contribution in [0.25, 0.3) is 5.57 Å². The molecule has 0 saturated carbocycles. The fraction of sp³-hybridized carbons (Fsp3) is 0.0833. The van der Waals surface area contributed by atoms with Crippen LogP contribution in [-0.2, 0) is 9.59 Å². The van der Waals surface area contributed by atoms with Crippen LogP contribution in [0.3, 0.4) is 0 Å². The summed E-state index contributed by atoms with van der Waals surface area (Å²) in [5.74, 6) is -2.82. The maximum atomic E-state index is 14.5. The standard InChI is InChI=1S/C24H18F2N2O3/c1-14-7-9-15(10-8-14)21-22(27-18-5-3-4-6-20(18)31-2)24(30)28(23(21)29)19-12-11-16(25)13-17(19)26/h3-13,27H,1-2H3. The molecule has 156 valence electrons. The number of nitrogens with one attached hydrogen (secondary N) is 1. The smallest absolute Gasteiger partial charge is 0.282 e. The van der Waals surface area contributed by atoms with E-state index in [0.29, 0.717) is 28.0 Å². The van der Waals surface area contributed by atoms with Crippen LogP contribution in [0.15, 0.2) is 72.4 Å². The van der Waals surface area contributed by atoms with E-state index >= 15 is 0 Å². The summed E-state index contributed by atoms with van der Waals surface area (Å²) in [7, 11) is 1.48. The second kappa shape index (κ2) is 8.02. The highest BCUT2D eigenvalue weighted by molar-refractivity contribution is 6.46. The first-order valence-electron chi connectivity index (χ1n) is 9.46. The minimum absolute atomic E-state index is 0.0259. The largest absolute Gasteiger partial charge is 0.495 e. The molecule has 0 saturated heterocycles. The fourth-order valence-corrected chi connectivity index (χ4v) is 3.40. The molecule has 1 heterocycles. The van der Waals surface area contributed by atoms with Crippen LogP contribution >= 0.6 is 0 Å². The molecule has 2 amide bonds. The number of rotatable bonds is 5. The van der Waals surface area contributed by atoms with Gasteiger partial charge in [-0.25, -0.2) is 13.7 Å². The molecule has 3 aromatic carbocycles. The Hall–Kier alpha value is -4.00. The van der Waals surface area contributed by atoms with Gasteiger partial charge in [-0.1, -0.05) is 42.0 Å². The number of ether oxygens (including phenoxy) is 1. The highest BCUT2D eigenvalue weighted by Crippen LogP contribution is 2.36. The third kappa shape index (κ3) is 3.66. The summed E-state index contributed by atoms with van der Waals surface area (Å²) in [5.41, 5.74) is 1.67. The molecule has 0 radical (unpaired) electrons. The SMILES string of the molecule is COc1ccccc1NC1=C(c2ccc(C)cc2)C(=O)N(c2ccc(F)cc2F)C1=O. The van der Waals surface area contributed by atoms with Crippen molar-refractivity contribution < 1.29 is 23.1 Å². The number of hydrogen-bond donors (Lipinski definition) is 1. The lowest BCUT2D eigenvalue weighted by atomic mass is 10.0. The van der Waals surface area contributed by atoms with Gasteiger partial charge >= 0.3 is 0 Å². The number of carbonyl (C=O) groups excluding carboxylic acids is 2. The van der Waals surface area contributed by atoms with Gasteiger partial charge in [0, 0.05) is 6.07 Å². The molecule has 4 rings (SSSR count). The Morgan fingerprint density at radius 3 is 2.29 bits per heavy atom. The average Bonchev–Trinajstić information content (AvgIpc) is 2.99. The minimum Gasteiger partial charge on any atom is -0.495 e. The molecule has 1 aliphatic rings. The Labute approximate surface area is 177 Å². The lowest BCUT2D eigenvalue weighted by Crippen LogP contribution is -2.33. The van der Waals surface area contributed by atoms with Gasteiger partial charge in [-0.3, -0.25) is 9.59 Å². The summed E-state index contributed by atoms with van der Waals surface area (Å²) in [4.78, 5) is 27.3. The number of benzene rings is 3. The van der Waals surface area contributed by atoms with Crippen molar-refractivity contribution in [2.45, 2.75) is 6.92 Å². The van der Waals surface area contributed by atoms with Crippen LogP contribution in [-0.4, -0.2) is 18.9 Å². The van der Waals surface area contributed by atoms with E-state index in [4.69, 9.17) is 4.74 Å². The lowest BCUT2D eigenvalue weighted by molar-refractivity contribution is -0.120. The fourth-order valence-electron chi connectivity index (χ4n) is 3.40. The van der Waals surface area contributed by atoms with Crippen molar-refractivity contribution in [2.75, 3.05) is 17.3 Å². The Morgan fingerprint density at radius 2 is 1.61 bits per heavy atom. The Kier molecular flexibility index (Phi) is 5.25. The first-order valence-corrected chi connectivity index (χ1v) is 9.46. The van der Waals surface area contributed by atoms with Gasteiger partial charge in [-0.2, -0.15) is 0 Å². The van der Waals surface area contributed by atoms with Gasteiger partial charge in [-0.15, -0.1) is 0 Å². The van der Waals surface area contributed by atoms with E-state index in [2.05, 4.69) is 5.32 Å². The number of carbonyl (C=O) groups is 2. The molecule has 5 nitrogen and oxygen atoms in total. The van der Waals surface area contributed by atoms with Crippen LogP contribution in [0.4, 0.5) is 20.2 Å². The third-order valence-electron chi connectivity index (χ3n) is 4.94. The van der Waals surface area contributed by atoms with Crippen molar-refractivity contribution in [1.82, 2.24) is 0 Å². The van der Waals surface area contributed by atoms with Gasteiger partial charge < -0.3 is 10.1 Å². The Bertz CT molecular complexity index is 1220. The second-order valence-electron chi connectivity index (χ2n) is 6.98. The molecule has 1 aliphatic heterocycles. The molecule has 0 atom stereocenters. The molecule has 31 heavy (non-hydrogen) atoms. The van der Waals surface area contributed by atoms with Gasteiger partial charge in [0.05, 0.1) is 24.1 Å². The van der Waals surface area contributed by atoms with Gasteiger partial charge in [0.25, 0.3) is 11.8 Å². The van der Waals surface area contributed by atoms with Gasteiger partial charge in [0.15, 0.2) is 0 Å². The van der Waals surface area contributed by atoms with E-state index < -0.39 is 23.4 Å². The lowest BCUT2D eigenvalue weighted by Gasteiger charge is -2.16. The van der Waals surface area contributed by atoms with Crippen LogP contribution < -0.4 is 15.0 Å². The van der Waals surface area contributed by atoms with Crippen molar-refractivity contribution in [1.29, 1.82) is 0 Å². The highest BCUT2D eigenvalue weighted by Gasteiger charge is 2.41. The van der Waals surface area contributed by atoms with Gasteiger partial charge in [0.2, 0.25) is 0 Å². The number of methoxy groups -OCH3 is 1. The summed E-state index contributed by atoms with van der Waals surface area (Å²) in [6.07, 6.45) is 0. The van der Waals surface area contributed by atoms with Crippen LogP contribution in [0, 0.1) is 18.6 Å². The Morgan fingerprint density at radius 1 is 0.903 bits per heavy atom. The van der Waals surface area contributed by atoms with E-state index in [9.17, 15) is 18.4 Å². The van der Waals surface area contributed by atoms with E-state index in [0.717, 1.165) is 17.7 Å². The van der Waals surface area contributed by atoms with Crippen molar-refractivity contribution in [2.24, 2.45) is 0 Å². The summed E-state index contributed by atoms with van der Waals surface area (Å²) >= 11 is 0. The van der Waals surface area contributed by atoms with Gasteiger partial charge in [-0.05, 0) is 36.8 Å². The van der Waals surface area contributed by atoms with Crippen molar-refractivity contribution >= 4 is 28.8 Å². The van der Waals surface area contributed by atoms with E-state index in [1.807, 2.05) is 19.1 Å². The molecule has 0 bridgehead atoms.